The van der Waals surface area contributed by atoms with Crippen molar-refractivity contribution in [3.63, 3.8) is 0 Å². The van der Waals surface area contributed by atoms with Crippen LogP contribution in [0.1, 0.15) is 27.7 Å². The van der Waals surface area contributed by atoms with Gasteiger partial charge in [-0.15, -0.1) is 0 Å². The molecule has 2 rings (SSSR count). The largest absolute Gasteiger partial charge is 0.507 e. The number of carbonyl (C=O) groups is 1. The van der Waals surface area contributed by atoms with Gasteiger partial charge in [0.05, 0.1) is 5.56 Å². The lowest BCUT2D eigenvalue weighted by atomic mass is 10.1. The average Bonchev–Trinajstić information content (AvgIpc) is 2.41. The van der Waals surface area contributed by atoms with E-state index in [-0.39, 0.29) is 16.1 Å². The molecule has 0 aliphatic rings. The highest BCUT2D eigenvalue weighted by Gasteiger charge is 2.14. The van der Waals surface area contributed by atoms with Crippen LogP contribution in [-0.4, -0.2) is 11.0 Å². The minimum absolute atomic E-state index is 0.101. The Kier molecular flexibility index (Phi) is 4.68. The molecule has 0 aliphatic heterocycles. The van der Waals surface area contributed by atoms with Gasteiger partial charge in [-0.05, 0) is 36.8 Å². The Morgan fingerprint density at radius 1 is 1.30 bits per heavy atom. The van der Waals surface area contributed by atoms with Crippen molar-refractivity contribution >= 4 is 39.1 Å². The maximum absolute atomic E-state index is 12.2. The average molecular weight is 355 g/mol. The highest BCUT2D eigenvalue weighted by molar-refractivity contribution is 9.09. The summed E-state index contributed by atoms with van der Waals surface area (Å²) in [7, 11) is 0. The van der Waals surface area contributed by atoms with Crippen LogP contribution in [-0.2, 0) is 0 Å². The van der Waals surface area contributed by atoms with Gasteiger partial charge in [0.1, 0.15) is 5.75 Å². The van der Waals surface area contributed by atoms with Crippen LogP contribution in [0.2, 0.25) is 5.02 Å². The van der Waals surface area contributed by atoms with Crippen molar-refractivity contribution in [2.75, 3.05) is 5.32 Å². The molecule has 0 radical (unpaired) electrons. The number of anilines is 1. The maximum Gasteiger partial charge on any atom is 0.259 e. The number of alkyl halides is 1. The van der Waals surface area contributed by atoms with E-state index in [0.717, 1.165) is 5.56 Å². The summed E-state index contributed by atoms with van der Waals surface area (Å²) < 4.78 is 0. The molecule has 0 spiro atoms. The van der Waals surface area contributed by atoms with Crippen LogP contribution in [0, 0.1) is 0 Å². The molecule has 1 amide bonds. The highest BCUT2D eigenvalue weighted by atomic mass is 79.9. The van der Waals surface area contributed by atoms with E-state index >= 15 is 0 Å². The smallest absolute Gasteiger partial charge is 0.259 e. The van der Waals surface area contributed by atoms with Gasteiger partial charge in [0.2, 0.25) is 0 Å². The van der Waals surface area contributed by atoms with Crippen molar-refractivity contribution in [1.29, 1.82) is 0 Å². The van der Waals surface area contributed by atoms with Crippen molar-refractivity contribution in [2.45, 2.75) is 11.8 Å². The number of halogens is 2. The topological polar surface area (TPSA) is 49.3 Å². The number of rotatable bonds is 3. The summed E-state index contributed by atoms with van der Waals surface area (Å²) in [5.41, 5.74) is 1.80. The van der Waals surface area contributed by atoms with Crippen molar-refractivity contribution in [3.05, 3.63) is 58.6 Å². The van der Waals surface area contributed by atoms with Gasteiger partial charge in [-0.25, -0.2) is 0 Å². The van der Waals surface area contributed by atoms with Crippen LogP contribution < -0.4 is 5.32 Å². The van der Waals surface area contributed by atoms with E-state index < -0.39 is 5.91 Å². The molecule has 20 heavy (non-hydrogen) atoms. The molecule has 104 valence electrons. The first-order valence-corrected chi connectivity index (χ1v) is 7.31. The number of amides is 1. The van der Waals surface area contributed by atoms with Crippen LogP contribution >= 0.6 is 27.5 Å². The van der Waals surface area contributed by atoms with E-state index in [0.29, 0.717) is 10.7 Å². The van der Waals surface area contributed by atoms with Crippen LogP contribution in [0.15, 0.2) is 42.5 Å². The molecular weight excluding hydrogens is 342 g/mol. The fraction of sp³-hybridized carbons (Fsp3) is 0.133. The zero-order valence-electron chi connectivity index (χ0n) is 10.7. The lowest BCUT2D eigenvalue weighted by Gasteiger charge is -2.13. The molecule has 2 N–H and O–H groups in total. The normalized spacial score (nSPS) is 11.9. The van der Waals surface area contributed by atoms with Crippen LogP contribution in [0.4, 0.5) is 5.69 Å². The second-order valence-corrected chi connectivity index (χ2v) is 6.13. The monoisotopic (exact) mass is 353 g/mol. The number of hydrogen-bond acceptors (Lipinski definition) is 2. The van der Waals surface area contributed by atoms with Crippen molar-refractivity contribution in [3.8, 4) is 5.75 Å². The third kappa shape index (κ3) is 3.32. The Labute approximate surface area is 130 Å². The Balaban J connectivity index is 2.31. The van der Waals surface area contributed by atoms with E-state index in [1.807, 2.05) is 31.2 Å². The lowest BCUT2D eigenvalue weighted by molar-refractivity contribution is 0.102. The Bertz CT molecular complexity index is 644. The van der Waals surface area contributed by atoms with Gasteiger partial charge in [-0.2, -0.15) is 0 Å². The van der Waals surface area contributed by atoms with Gasteiger partial charge in [-0.1, -0.05) is 45.7 Å². The molecule has 0 aromatic heterocycles. The van der Waals surface area contributed by atoms with E-state index in [4.69, 9.17) is 11.6 Å². The highest BCUT2D eigenvalue weighted by Crippen LogP contribution is 2.30. The molecule has 2 aromatic rings. The summed E-state index contributed by atoms with van der Waals surface area (Å²) in [4.78, 5) is 12.3. The molecule has 0 saturated carbocycles. The standard InChI is InChI=1S/C15H13BrClNO2/c1-9(16)11-4-2-3-5-13(11)18-15(20)12-8-10(17)6-7-14(12)19/h2-9,19H,1H3,(H,18,20). The summed E-state index contributed by atoms with van der Waals surface area (Å²) in [6, 6.07) is 11.8. The summed E-state index contributed by atoms with van der Waals surface area (Å²) in [5.74, 6) is -0.498. The zero-order chi connectivity index (χ0) is 14.7. The molecule has 2 aromatic carbocycles. The Morgan fingerprint density at radius 3 is 2.70 bits per heavy atom. The lowest BCUT2D eigenvalue weighted by Crippen LogP contribution is -2.13. The first-order chi connectivity index (χ1) is 9.49. The van der Waals surface area contributed by atoms with Crippen molar-refractivity contribution in [2.24, 2.45) is 0 Å². The SMILES string of the molecule is CC(Br)c1ccccc1NC(=O)c1cc(Cl)ccc1O. The number of aromatic hydroxyl groups is 1. The molecule has 0 saturated heterocycles. The van der Waals surface area contributed by atoms with E-state index in [2.05, 4.69) is 21.2 Å². The third-order valence-electron chi connectivity index (χ3n) is 2.84. The van der Waals surface area contributed by atoms with Gasteiger partial charge in [0.15, 0.2) is 0 Å². The fourth-order valence-electron chi connectivity index (χ4n) is 1.84. The number of hydrogen-bond donors (Lipinski definition) is 2. The molecule has 1 atom stereocenters. The minimum Gasteiger partial charge on any atom is -0.507 e. The molecule has 5 heteroatoms. The van der Waals surface area contributed by atoms with Crippen LogP contribution in [0.5, 0.6) is 5.75 Å². The first-order valence-electron chi connectivity index (χ1n) is 6.02. The van der Waals surface area contributed by atoms with E-state index in [9.17, 15) is 9.90 Å². The summed E-state index contributed by atoms with van der Waals surface area (Å²) in [5, 5.41) is 12.9. The summed E-state index contributed by atoms with van der Waals surface area (Å²) in [6.07, 6.45) is 0. The number of benzene rings is 2. The Morgan fingerprint density at radius 2 is 2.00 bits per heavy atom. The molecule has 1 unspecified atom stereocenters. The number of carbonyl (C=O) groups excluding carboxylic acids is 1. The molecule has 0 fully saturated rings. The second kappa shape index (κ2) is 6.29. The molecule has 0 aliphatic carbocycles. The molecule has 0 bridgehead atoms. The number of phenolic OH excluding ortho intramolecular Hbond substituents is 1. The summed E-state index contributed by atoms with van der Waals surface area (Å²) >= 11 is 9.33. The van der Waals surface area contributed by atoms with E-state index in [1.165, 1.54) is 18.2 Å². The second-order valence-electron chi connectivity index (χ2n) is 4.32. The van der Waals surface area contributed by atoms with Gasteiger partial charge in [0, 0.05) is 15.5 Å². The fourth-order valence-corrected chi connectivity index (χ4v) is 2.41. The maximum atomic E-state index is 12.2. The Hall–Kier alpha value is -1.52. The number of para-hydroxylation sites is 1. The van der Waals surface area contributed by atoms with Crippen molar-refractivity contribution < 1.29 is 9.90 Å². The molecule has 0 heterocycles. The van der Waals surface area contributed by atoms with Crippen LogP contribution in [0.25, 0.3) is 0 Å². The van der Waals surface area contributed by atoms with Gasteiger partial charge in [0.25, 0.3) is 5.91 Å². The van der Waals surface area contributed by atoms with Gasteiger partial charge in [-0.3, -0.25) is 4.79 Å². The summed E-state index contributed by atoms with van der Waals surface area (Å²) in [6.45, 7) is 1.97. The minimum atomic E-state index is -0.398. The molecule has 3 nitrogen and oxygen atoms in total. The first kappa shape index (κ1) is 14.9. The predicted molar refractivity (Wildman–Crippen MR) is 84.9 cm³/mol. The molecular formula is C15H13BrClNO2. The van der Waals surface area contributed by atoms with Crippen molar-refractivity contribution in [1.82, 2.24) is 0 Å². The van der Waals surface area contributed by atoms with E-state index in [1.54, 1.807) is 0 Å². The third-order valence-corrected chi connectivity index (χ3v) is 3.57. The van der Waals surface area contributed by atoms with Gasteiger partial charge >= 0.3 is 0 Å². The van der Waals surface area contributed by atoms with Crippen LogP contribution in [0.3, 0.4) is 0 Å². The van der Waals surface area contributed by atoms with Gasteiger partial charge < -0.3 is 10.4 Å². The quantitative estimate of drug-likeness (QED) is 0.781. The number of nitrogens with one attached hydrogen (secondary N) is 1. The number of phenols is 1. The predicted octanol–water partition coefficient (Wildman–Crippen LogP) is 4.75. The zero-order valence-corrected chi connectivity index (χ0v) is 13.1.